The Labute approximate surface area is 139 Å². The van der Waals surface area contributed by atoms with Gasteiger partial charge in [0.05, 0.1) is 10.7 Å². The van der Waals surface area contributed by atoms with Crippen LogP contribution < -0.4 is 5.56 Å². The molecule has 1 aliphatic rings. The van der Waals surface area contributed by atoms with Gasteiger partial charge in [0.25, 0.3) is 5.56 Å². The topological polar surface area (TPSA) is 60.7 Å². The third-order valence-corrected chi connectivity index (χ3v) is 4.51. The maximum absolute atomic E-state index is 12.0. The van der Waals surface area contributed by atoms with Crippen molar-refractivity contribution in [2.24, 2.45) is 5.92 Å². The lowest BCUT2D eigenvalue weighted by Crippen LogP contribution is -2.16. The molecule has 2 heterocycles. The highest BCUT2D eigenvalue weighted by Crippen LogP contribution is 2.28. The number of nitrogens with zero attached hydrogens (tertiary/aromatic N) is 2. The van der Waals surface area contributed by atoms with Crippen molar-refractivity contribution in [1.82, 2.24) is 9.38 Å². The summed E-state index contributed by atoms with van der Waals surface area (Å²) in [4.78, 5) is 28.1. The van der Waals surface area contributed by atoms with Crippen molar-refractivity contribution in [3.63, 3.8) is 0 Å². The number of halogens is 1. The molecule has 0 bridgehead atoms. The van der Waals surface area contributed by atoms with Crippen LogP contribution in [0.3, 0.4) is 0 Å². The largest absolute Gasteiger partial charge is 0.459 e. The van der Waals surface area contributed by atoms with E-state index in [0.29, 0.717) is 28.7 Å². The van der Waals surface area contributed by atoms with Crippen molar-refractivity contribution in [3.05, 3.63) is 45.5 Å². The van der Waals surface area contributed by atoms with Crippen molar-refractivity contribution >= 4 is 23.2 Å². The summed E-state index contributed by atoms with van der Waals surface area (Å²) in [6, 6.07) is 4.70. The van der Waals surface area contributed by atoms with E-state index in [1.165, 1.54) is 42.3 Å². The lowest BCUT2D eigenvalue weighted by atomic mass is 10.0. The van der Waals surface area contributed by atoms with E-state index in [2.05, 4.69) is 4.98 Å². The SMILES string of the molecule is O=C(CCC1CCCC1)OCc1cc(=O)n2cc(Cl)ccc2n1. The van der Waals surface area contributed by atoms with Crippen LogP contribution in [0.25, 0.3) is 5.65 Å². The van der Waals surface area contributed by atoms with E-state index in [-0.39, 0.29) is 18.1 Å². The number of aromatic nitrogens is 2. The highest BCUT2D eigenvalue weighted by Gasteiger charge is 2.16. The normalized spacial score (nSPS) is 15.2. The minimum Gasteiger partial charge on any atom is -0.459 e. The zero-order valence-corrected chi connectivity index (χ0v) is 13.6. The number of ether oxygens (including phenoxy) is 1. The first kappa shape index (κ1) is 16.0. The number of fused-ring (bicyclic) bond motifs is 1. The van der Waals surface area contributed by atoms with Gasteiger partial charge in [-0.1, -0.05) is 37.3 Å². The molecule has 0 spiro atoms. The second-order valence-corrected chi connectivity index (χ2v) is 6.45. The molecule has 1 aliphatic carbocycles. The predicted molar refractivity (Wildman–Crippen MR) is 87.5 cm³/mol. The fourth-order valence-electron chi connectivity index (χ4n) is 3.05. The molecule has 5 nitrogen and oxygen atoms in total. The molecule has 0 radical (unpaired) electrons. The molecule has 0 aliphatic heterocycles. The van der Waals surface area contributed by atoms with Gasteiger partial charge in [-0.05, 0) is 24.5 Å². The molecule has 3 rings (SSSR count). The van der Waals surface area contributed by atoms with Crippen LogP contribution in [-0.2, 0) is 16.1 Å². The van der Waals surface area contributed by atoms with E-state index in [1.807, 2.05) is 0 Å². The summed E-state index contributed by atoms with van der Waals surface area (Å²) >= 11 is 5.86. The van der Waals surface area contributed by atoms with Gasteiger partial charge in [-0.25, -0.2) is 4.98 Å². The van der Waals surface area contributed by atoms with Crippen molar-refractivity contribution in [2.75, 3.05) is 0 Å². The fourth-order valence-corrected chi connectivity index (χ4v) is 3.21. The van der Waals surface area contributed by atoms with Crippen LogP contribution in [0, 0.1) is 5.92 Å². The maximum atomic E-state index is 12.0. The molecule has 0 N–H and O–H groups in total. The van der Waals surface area contributed by atoms with Crippen LogP contribution in [0.5, 0.6) is 0 Å². The third-order valence-electron chi connectivity index (χ3n) is 4.29. The van der Waals surface area contributed by atoms with Gasteiger partial charge in [-0.15, -0.1) is 0 Å². The quantitative estimate of drug-likeness (QED) is 0.787. The average Bonchev–Trinajstić information content (AvgIpc) is 3.05. The molecule has 1 saturated carbocycles. The minimum atomic E-state index is -0.241. The van der Waals surface area contributed by atoms with Crippen LogP contribution in [0.15, 0.2) is 29.2 Å². The summed E-state index contributed by atoms with van der Waals surface area (Å²) in [5, 5.41) is 0.465. The maximum Gasteiger partial charge on any atom is 0.306 e. The number of hydrogen-bond donors (Lipinski definition) is 0. The first-order valence-corrected chi connectivity index (χ1v) is 8.33. The summed E-state index contributed by atoms with van der Waals surface area (Å²) in [7, 11) is 0. The molecule has 0 atom stereocenters. The Balaban J connectivity index is 1.59. The minimum absolute atomic E-state index is 0.0257. The fraction of sp³-hybridized carbons (Fsp3) is 0.471. The Morgan fingerprint density at radius 2 is 2.13 bits per heavy atom. The zero-order valence-electron chi connectivity index (χ0n) is 12.8. The number of pyridine rings is 1. The number of carbonyl (C=O) groups is 1. The molecular weight excluding hydrogens is 316 g/mol. The van der Waals surface area contributed by atoms with Crippen LogP contribution in [-0.4, -0.2) is 15.4 Å². The number of rotatable bonds is 5. The van der Waals surface area contributed by atoms with Gasteiger partial charge in [-0.2, -0.15) is 0 Å². The Bertz CT molecular complexity index is 766. The molecule has 1 fully saturated rings. The Kier molecular flexibility index (Phi) is 4.96. The van der Waals surface area contributed by atoms with Crippen LogP contribution in [0.4, 0.5) is 0 Å². The molecule has 0 saturated heterocycles. The van der Waals surface area contributed by atoms with Gasteiger partial charge in [0, 0.05) is 18.7 Å². The monoisotopic (exact) mass is 334 g/mol. The van der Waals surface area contributed by atoms with Crippen LogP contribution in [0.1, 0.15) is 44.2 Å². The third kappa shape index (κ3) is 4.10. The van der Waals surface area contributed by atoms with Gasteiger partial charge in [0.2, 0.25) is 0 Å². The first-order valence-electron chi connectivity index (χ1n) is 7.95. The average molecular weight is 335 g/mol. The standard InChI is InChI=1S/C17H19ClN2O3/c18-13-6-7-15-19-14(9-16(21)20(15)10-13)11-23-17(22)8-5-12-3-1-2-4-12/h6-7,9-10,12H,1-5,8,11H2. The summed E-state index contributed by atoms with van der Waals surface area (Å²) in [6.45, 7) is 0.0257. The van der Waals surface area contributed by atoms with Crippen molar-refractivity contribution < 1.29 is 9.53 Å². The highest BCUT2D eigenvalue weighted by molar-refractivity contribution is 6.30. The van der Waals surface area contributed by atoms with E-state index in [4.69, 9.17) is 16.3 Å². The Hall–Kier alpha value is -1.88. The smallest absolute Gasteiger partial charge is 0.306 e. The molecule has 2 aromatic rings. The molecule has 122 valence electrons. The zero-order chi connectivity index (χ0) is 16.2. The van der Waals surface area contributed by atoms with Crippen molar-refractivity contribution in [1.29, 1.82) is 0 Å². The molecule has 0 unspecified atom stereocenters. The molecule has 0 amide bonds. The van der Waals surface area contributed by atoms with Gasteiger partial charge in [0.1, 0.15) is 12.3 Å². The predicted octanol–water partition coefficient (Wildman–Crippen LogP) is 3.36. The Morgan fingerprint density at radius 1 is 1.35 bits per heavy atom. The van der Waals surface area contributed by atoms with Gasteiger partial charge in [-0.3, -0.25) is 14.0 Å². The Morgan fingerprint density at radius 3 is 2.91 bits per heavy atom. The second-order valence-electron chi connectivity index (χ2n) is 6.01. The molecular formula is C17H19ClN2O3. The van der Waals surface area contributed by atoms with Gasteiger partial charge in [0.15, 0.2) is 0 Å². The lowest BCUT2D eigenvalue weighted by molar-refractivity contribution is -0.145. The summed E-state index contributed by atoms with van der Waals surface area (Å²) in [6.07, 6.45) is 7.84. The number of hydrogen-bond acceptors (Lipinski definition) is 4. The molecule has 0 aromatic carbocycles. The molecule has 23 heavy (non-hydrogen) atoms. The summed E-state index contributed by atoms with van der Waals surface area (Å²) in [5.41, 5.74) is 0.694. The van der Waals surface area contributed by atoms with Crippen LogP contribution in [0.2, 0.25) is 5.02 Å². The summed E-state index contributed by atoms with van der Waals surface area (Å²) < 4.78 is 6.61. The first-order chi connectivity index (χ1) is 11.1. The number of carbonyl (C=O) groups excluding carboxylic acids is 1. The molecule has 6 heteroatoms. The highest BCUT2D eigenvalue weighted by atomic mass is 35.5. The number of esters is 1. The van der Waals surface area contributed by atoms with E-state index < -0.39 is 0 Å². The van der Waals surface area contributed by atoms with Crippen LogP contribution >= 0.6 is 11.6 Å². The lowest BCUT2D eigenvalue weighted by Gasteiger charge is -2.09. The van der Waals surface area contributed by atoms with E-state index in [9.17, 15) is 9.59 Å². The van der Waals surface area contributed by atoms with E-state index >= 15 is 0 Å². The summed E-state index contributed by atoms with van der Waals surface area (Å²) in [5.74, 6) is 0.436. The van der Waals surface area contributed by atoms with E-state index in [1.54, 1.807) is 12.1 Å². The van der Waals surface area contributed by atoms with Crippen molar-refractivity contribution in [3.8, 4) is 0 Å². The van der Waals surface area contributed by atoms with Crippen molar-refractivity contribution in [2.45, 2.75) is 45.1 Å². The van der Waals surface area contributed by atoms with Gasteiger partial charge < -0.3 is 4.74 Å². The van der Waals surface area contributed by atoms with E-state index in [0.717, 1.165) is 6.42 Å². The molecule has 2 aromatic heterocycles. The van der Waals surface area contributed by atoms with Gasteiger partial charge >= 0.3 is 5.97 Å². The second kappa shape index (κ2) is 7.13.